The van der Waals surface area contributed by atoms with Crippen LogP contribution in [-0.4, -0.2) is 51.7 Å². The molecule has 1 fully saturated rings. The third kappa shape index (κ3) is 4.62. The first-order valence-corrected chi connectivity index (χ1v) is 10.4. The highest BCUT2D eigenvalue weighted by Crippen LogP contribution is 2.16. The maximum atomic E-state index is 12.3. The van der Waals surface area contributed by atoms with Crippen LogP contribution in [0.25, 0.3) is 11.1 Å². The summed E-state index contributed by atoms with van der Waals surface area (Å²) in [6, 6.07) is 5.48. The van der Waals surface area contributed by atoms with Crippen LogP contribution in [0.1, 0.15) is 48.3 Å². The molecule has 0 atom stereocenters. The summed E-state index contributed by atoms with van der Waals surface area (Å²) in [6.07, 6.45) is 3.36. The van der Waals surface area contributed by atoms with Crippen molar-refractivity contribution in [1.29, 1.82) is 0 Å². The Morgan fingerprint density at radius 1 is 1.30 bits per heavy atom. The van der Waals surface area contributed by atoms with Crippen LogP contribution in [0, 0.1) is 12.8 Å². The zero-order valence-electron chi connectivity index (χ0n) is 17.4. The molecule has 1 aliphatic rings. The summed E-state index contributed by atoms with van der Waals surface area (Å²) in [5.74, 6) is 0.0510. The van der Waals surface area contributed by atoms with E-state index in [1.54, 1.807) is 6.07 Å². The van der Waals surface area contributed by atoms with E-state index in [9.17, 15) is 9.59 Å². The molecule has 4 rings (SSSR count). The molecular formula is C21H27N5O4. The van der Waals surface area contributed by atoms with E-state index in [1.165, 1.54) is 17.4 Å². The number of amides is 1. The Morgan fingerprint density at radius 3 is 2.90 bits per heavy atom. The zero-order chi connectivity index (χ0) is 21.1. The molecule has 1 aliphatic heterocycles. The summed E-state index contributed by atoms with van der Waals surface area (Å²) >= 11 is 0. The first kappa shape index (κ1) is 20.3. The molecule has 1 aromatic carbocycles. The second kappa shape index (κ2) is 8.83. The molecule has 9 nitrogen and oxygen atoms in total. The summed E-state index contributed by atoms with van der Waals surface area (Å²) < 4.78 is 11.7. The lowest BCUT2D eigenvalue weighted by Crippen LogP contribution is -2.35. The number of nitrogens with one attached hydrogen (secondary N) is 1. The van der Waals surface area contributed by atoms with Crippen LogP contribution in [0.15, 0.2) is 31.9 Å². The van der Waals surface area contributed by atoms with E-state index in [0.29, 0.717) is 17.6 Å². The van der Waals surface area contributed by atoms with E-state index in [-0.39, 0.29) is 18.3 Å². The van der Waals surface area contributed by atoms with E-state index in [1.807, 2.05) is 19.1 Å². The van der Waals surface area contributed by atoms with Crippen molar-refractivity contribution in [1.82, 2.24) is 24.9 Å². The molecule has 30 heavy (non-hydrogen) atoms. The van der Waals surface area contributed by atoms with Gasteiger partial charge in [-0.15, -0.1) is 0 Å². The molecule has 3 heterocycles. The Balaban J connectivity index is 1.31. The Hall–Kier alpha value is -2.94. The predicted octanol–water partition coefficient (Wildman–Crippen LogP) is 2.19. The number of oxazole rings is 1. The third-order valence-corrected chi connectivity index (χ3v) is 5.60. The third-order valence-electron chi connectivity index (χ3n) is 5.60. The number of benzene rings is 1. The quantitative estimate of drug-likeness (QED) is 0.592. The average Bonchev–Trinajstić information content (AvgIpc) is 3.32. The zero-order valence-corrected chi connectivity index (χ0v) is 17.4. The van der Waals surface area contributed by atoms with Gasteiger partial charge in [-0.2, -0.15) is 4.98 Å². The molecule has 2 aromatic heterocycles. The van der Waals surface area contributed by atoms with Gasteiger partial charge in [0.2, 0.25) is 0 Å². The lowest BCUT2D eigenvalue weighted by molar-refractivity contribution is 0.0906. The van der Waals surface area contributed by atoms with Crippen molar-refractivity contribution in [2.75, 3.05) is 26.2 Å². The Bertz CT molecular complexity index is 1070. The highest BCUT2D eigenvalue weighted by atomic mass is 16.5. The molecule has 0 spiro atoms. The fourth-order valence-corrected chi connectivity index (χ4v) is 3.74. The van der Waals surface area contributed by atoms with Crippen molar-refractivity contribution < 1.29 is 13.7 Å². The van der Waals surface area contributed by atoms with Gasteiger partial charge in [-0.05, 0) is 69.4 Å². The van der Waals surface area contributed by atoms with Gasteiger partial charge in [0.25, 0.3) is 0 Å². The first-order valence-electron chi connectivity index (χ1n) is 10.4. The number of aromatic nitrogens is 3. The molecule has 0 aliphatic carbocycles. The number of piperidine rings is 1. The maximum Gasteiger partial charge on any atom is 0.420 e. The largest absolute Gasteiger partial charge is 0.420 e. The van der Waals surface area contributed by atoms with Crippen molar-refractivity contribution in [3.05, 3.63) is 46.0 Å². The number of fused-ring (bicyclic) bond motifs is 1. The monoisotopic (exact) mass is 413 g/mol. The molecule has 3 aromatic rings. The van der Waals surface area contributed by atoms with Gasteiger partial charge >= 0.3 is 17.6 Å². The van der Waals surface area contributed by atoms with E-state index in [2.05, 4.69) is 27.3 Å². The molecule has 1 amide bonds. The van der Waals surface area contributed by atoms with E-state index in [0.717, 1.165) is 37.5 Å². The molecule has 0 bridgehead atoms. The Morgan fingerprint density at radius 2 is 2.10 bits per heavy atom. The number of rotatable bonds is 7. The van der Waals surface area contributed by atoms with Crippen molar-refractivity contribution >= 4 is 17.0 Å². The van der Waals surface area contributed by atoms with Gasteiger partial charge in [-0.3, -0.25) is 9.36 Å². The molecule has 1 saturated heterocycles. The molecule has 0 saturated carbocycles. The number of carbonyl (C=O) groups excluding carboxylic acids is 1. The number of carbonyl (C=O) groups is 1. The summed E-state index contributed by atoms with van der Waals surface area (Å²) in [5.41, 5.74) is 2.16. The van der Waals surface area contributed by atoms with Crippen LogP contribution in [-0.2, 0) is 6.54 Å². The Labute approximate surface area is 174 Å². The number of hydrogen-bond acceptors (Lipinski definition) is 7. The van der Waals surface area contributed by atoms with Crippen LogP contribution in [0.2, 0.25) is 0 Å². The van der Waals surface area contributed by atoms with Crippen LogP contribution < -0.4 is 11.1 Å². The Kier molecular flexibility index (Phi) is 5.98. The lowest BCUT2D eigenvalue weighted by atomic mass is 9.99. The average molecular weight is 413 g/mol. The van der Waals surface area contributed by atoms with Gasteiger partial charge in [0.05, 0.1) is 12.1 Å². The van der Waals surface area contributed by atoms with E-state index in [4.69, 9.17) is 8.94 Å². The summed E-state index contributed by atoms with van der Waals surface area (Å²) in [4.78, 5) is 31.0. The number of nitrogens with zero attached hydrogens (tertiary/aromatic N) is 4. The number of hydrogen-bond donors (Lipinski definition) is 1. The van der Waals surface area contributed by atoms with Crippen molar-refractivity contribution in [3.63, 3.8) is 0 Å². The highest BCUT2D eigenvalue weighted by molar-refractivity contribution is 5.89. The fraction of sp³-hybridized carbons (Fsp3) is 0.524. The minimum Gasteiger partial charge on any atom is -0.408 e. The molecule has 0 radical (unpaired) electrons. The molecule has 0 unspecified atom stereocenters. The van der Waals surface area contributed by atoms with Gasteiger partial charge in [-0.1, -0.05) is 18.1 Å². The second-order valence-corrected chi connectivity index (χ2v) is 8.07. The van der Waals surface area contributed by atoms with Crippen LogP contribution >= 0.6 is 0 Å². The van der Waals surface area contributed by atoms with Crippen molar-refractivity contribution in [2.45, 2.75) is 39.7 Å². The van der Waals surface area contributed by atoms with Gasteiger partial charge < -0.3 is 19.2 Å². The van der Waals surface area contributed by atoms with Gasteiger partial charge in [-0.25, -0.2) is 4.79 Å². The second-order valence-electron chi connectivity index (χ2n) is 8.07. The SMILES string of the molecule is Cc1ccc2oc(=O)n(Cc3noc(C(=O)NCCCN4CCC(C)CC4)n3)c2c1. The molecule has 9 heteroatoms. The normalized spacial score (nSPS) is 15.7. The number of likely N-dealkylation sites (tertiary alicyclic amines) is 1. The van der Waals surface area contributed by atoms with Crippen LogP contribution in [0.3, 0.4) is 0 Å². The summed E-state index contributed by atoms with van der Waals surface area (Å²) in [5, 5.41) is 6.65. The van der Waals surface area contributed by atoms with Crippen molar-refractivity contribution in [3.8, 4) is 0 Å². The topological polar surface area (TPSA) is 106 Å². The first-order chi connectivity index (χ1) is 14.5. The van der Waals surface area contributed by atoms with E-state index >= 15 is 0 Å². The minimum atomic E-state index is -0.501. The smallest absolute Gasteiger partial charge is 0.408 e. The summed E-state index contributed by atoms with van der Waals surface area (Å²) in [7, 11) is 0. The van der Waals surface area contributed by atoms with Crippen LogP contribution in [0.5, 0.6) is 0 Å². The summed E-state index contributed by atoms with van der Waals surface area (Å²) in [6.45, 7) is 8.07. The number of aryl methyl sites for hydroxylation is 1. The van der Waals surface area contributed by atoms with Gasteiger partial charge in [0.15, 0.2) is 11.4 Å². The van der Waals surface area contributed by atoms with Gasteiger partial charge in [0, 0.05) is 6.54 Å². The van der Waals surface area contributed by atoms with E-state index < -0.39 is 11.7 Å². The van der Waals surface area contributed by atoms with Gasteiger partial charge in [0.1, 0.15) is 0 Å². The molecule has 160 valence electrons. The minimum absolute atomic E-state index is 0.0689. The van der Waals surface area contributed by atoms with Crippen molar-refractivity contribution in [2.24, 2.45) is 5.92 Å². The molecule has 1 N–H and O–H groups in total. The molecular weight excluding hydrogens is 386 g/mol. The predicted molar refractivity (Wildman–Crippen MR) is 110 cm³/mol. The fourth-order valence-electron chi connectivity index (χ4n) is 3.74. The standard InChI is InChI=1S/C21H27N5O4/c1-14-6-10-25(11-7-14)9-3-8-22-19(27)20-23-18(24-30-20)13-26-16-12-15(2)4-5-17(16)29-21(26)28/h4-5,12,14H,3,6-11,13H2,1-2H3,(H,22,27). The lowest BCUT2D eigenvalue weighted by Gasteiger charge is -2.30. The highest BCUT2D eigenvalue weighted by Gasteiger charge is 2.18. The maximum absolute atomic E-state index is 12.3. The van der Waals surface area contributed by atoms with Crippen LogP contribution in [0.4, 0.5) is 0 Å².